The number of hydrogen-bond donors (Lipinski definition) is 6. The fourth-order valence-corrected chi connectivity index (χ4v) is 4.30. The first kappa shape index (κ1) is 31.4. The Bertz CT molecular complexity index is 1060. The number of aliphatic hydroxyl groups is 5. The highest BCUT2D eigenvalue weighted by Gasteiger charge is 2.61. The second-order valence-electron chi connectivity index (χ2n) is 9.06. The van der Waals surface area contributed by atoms with E-state index >= 15 is 0 Å². The van der Waals surface area contributed by atoms with Gasteiger partial charge in [0.05, 0.1) is 13.2 Å². The Labute approximate surface area is 228 Å². The summed E-state index contributed by atoms with van der Waals surface area (Å²) in [5, 5.41) is 60.4. The van der Waals surface area contributed by atoms with Gasteiger partial charge in [0.2, 0.25) is 12.1 Å². The van der Waals surface area contributed by atoms with Crippen LogP contribution in [-0.4, -0.2) is 123 Å². The molecule has 1 aromatic rings. The summed E-state index contributed by atoms with van der Waals surface area (Å²) in [6, 6.07) is 5.80. The van der Waals surface area contributed by atoms with Crippen LogP contribution in [-0.2, 0) is 42.8 Å². The third-order valence-corrected chi connectivity index (χ3v) is 6.14. The van der Waals surface area contributed by atoms with Gasteiger partial charge in [-0.25, -0.2) is 4.79 Å². The van der Waals surface area contributed by atoms with Crippen molar-refractivity contribution in [3.8, 4) is 5.75 Å². The first-order chi connectivity index (χ1) is 18.9. The third-order valence-electron chi connectivity index (χ3n) is 6.14. The summed E-state index contributed by atoms with van der Waals surface area (Å²) >= 11 is 0. The number of aromatic hydroxyl groups is 1. The predicted octanol–water partition coefficient (Wildman–Crippen LogP) is -2.28. The zero-order valence-corrected chi connectivity index (χ0v) is 21.6. The molecule has 9 atom stereocenters. The molecule has 0 radical (unpaired) electrons. The number of benzene rings is 1. The highest BCUT2D eigenvalue weighted by atomic mass is 16.8. The van der Waals surface area contributed by atoms with E-state index in [0.717, 1.165) is 19.9 Å². The molecule has 2 aliphatic heterocycles. The van der Waals surface area contributed by atoms with Crippen LogP contribution in [0.3, 0.4) is 0 Å². The Morgan fingerprint density at radius 3 is 2.05 bits per heavy atom. The monoisotopic (exact) mass is 572 g/mol. The summed E-state index contributed by atoms with van der Waals surface area (Å²) in [5.74, 6) is -5.23. The zero-order valence-electron chi connectivity index (χ0n) is 21.6. The minimum absolute atomic E-state index is 0.00904. The fraction of sp³-hybridized carbons (Fsp3) is 0.560. The van der Waals surface area contributed by atoms with Crippen LogP contribution in [0.2, 0.25) is 0 Å². The normalized spacial score (nSPS) is 34.0. The molecule has 0 aromatic heterocycles. The van der Waals surface area contributed by atoms with Crippen LogP contribution in [0.4, 0.5) is 0 Å². The van der Waals surface area contributed by atoms with E-state index in [1.807, 2.05) is 0 Å². The molecular formula is C25H32O15. The molecule has 6 N–H and O–H groups in total. The largest absolute Gasteiger partial charge is 0.508 e. The Morgan fingerprint density at radius 2 is 1.50 bits per heavy atom. The maximum Gasteiger partial charge on any atom is 0.331 e. The van der Waals surface area contributed by atoms with E-state index in [-0.39, 0.29) is 5.75 Å². The van der Waals surface area contributed by atoms with Crippen molar-refractivity contribution in [3.05, 3.63) is 35.9 Å². The van der Waals surface area contributed by atoms with Crippen molar-refractivity contribution in [2.75, 3.05) is 19.8 Å². The number of rotatable bonds is 10. The van der Waals surface area contributed by atoms with E-state index in [2.05, 4.69) is 0 Å². The van der Waals surface area contributed by atoms with Crippen LogP contribution >= 0.6 is 0 Å². The maximum absolute atomic E-state index is 12.7. The van der Waals surface area contributed by atoms with E-state index < -0.39 is 92.5 Å². The van der Waals surface area contributed by atoms with Gasteiger partial charge in [0.25, 0.3) is 0 Å². The number of phenolic OH excluding ortho intramolecular Hbond substituents is 1. The van der Waals surface area contributed by atoms with Gasteiger partial charge < -0.3 is 59.1 Å². The van der Waals surface area contributed by atoms with Crippen LogP contribution in [0.5, 0.6) is 5.75 Å². The molecule has 40 heavy (non-hydrogen) atoms. The van der Waals surface area contributed by atoms with Gasteiger partial charge in [0, 0.05) is 19.9 Å². The zero-order chi connectivity index (χ0) is 29.6. The van der Waals surface area contributed by atoms with E-state index in [0.29, 0.717) is 5.56 Å². The van der Waals surface area contributed by atoms with Crippen molar-refractivity contribution in [1.29, 1.82) is 0 Å². The number of aliphatic hydroxyl groups excluding tert-OH is 5. The number of carbonyl (C=O) groups is 3. The topological polar surface area (TPSA) is 228 Å². The van der Waals surface area contributed by atoms with E-state index in [1.165, 1.54) is 30.3 Å². The molecule has 15 nitrogen and oxygen atoms in total. The molecular weight excluding hydrogens is 540 g/mol. The number of phenols is 1. The van der Waals surface area contributed by atoms with Gasteiger partial charge in [-0.1, -0.05) is 12.1 Å². The smallest absolute Gasteiger partial charge is 0.331 e. The van der Waals surface area contributed by atoms with Gasteiger partial charge in [-0.2, -0.15) is 0 Å². The lowest BCUT2D eigenvalue weighted by Gasteiger charge is -2.45. The van der Waals surface area contributed by atoms with Crippen molar-refractivity contribution in [2.24, 2.45) is 0 Å². The summed E-state index contributed by atoms with van der Waals surface area (Å²) < 4.78 is 32.5. The van der Waals surface area contributed by atoms with E-state index in [1.54, 1.807) is 0 Å². The molecule has 15 heteroatoms. The Balaban J connectivity index is 1.92. The summed E-state index contributed by atoms with van der Waals surface area (Å²) in [4.78, 5) is 36.2. The Kier molecular flexibility index (Phi) is 10.6. The first-order valence-corrected chi connectivity index (χ1v) is 12.2. The Morgan fingerprint density at radius 1 is 0.900 bits per heavy atom. The van der Waals surface area contributed by atoms with Crippen molar-refractivity contribution in [3.63, 3.8) is 0 Å². The molecule has 0 aliphatic carbocycles. The first-order valence-electron chi connectivity index (χ1n) is 12.2. The molecule has 0 unspecified atom stereocenters. The van der Waals surface area contributed by atoms with Crippen molar-refractivity contribution in [2.45, 2.75) is 68.7 Å². The SMILES string of the molecule is CC(=O)O[C@H]1[C@@H](O[C@]2(CO)O[C@H](CO)[C@@H](O)[C@@H]2OC(=O)/C=C/c2ccc(O)cc2)O[C@H](CO)[C@@H](O)[C@@H]1OC(C)=O. The molecule has 2 fully saturated rings. The molecule has 0 saturated carbocycles. The minimum Gasteiger partial charge on any atom is -0.508 e. The van der Waals surface area contributed by atoms with Gasteiger partial charge in [-0.3, -0.25) is 9.59 Å². The Hall–Kier alpha value is -3.15. The van der Waals surface area contributed by atoms with Crippen molar-refractivity contribution >= 4 is 24.0 Å². The fourth-order valence-electron chi connectivity index (χ4n) is 4.30. The molecule has 1 aromatic carbocycles. The lowest BCUT2D eigenvalue weighted by Crippen LogP contribution is -2.64. The van der Waals surface area contributed by atoms with E-state index in [4.69, 9.17) is 28.4 Å². The second kappa shape index (κ2) is 13.5. The molecule has 2 aliphatic rings. The van der Waals surface area contributed by atoms with Crippen LogP contribution < -0.4 is 0 Å². The average Bonchev–Trinajstić information content (AvgIpc) is 3.17. The number of carbonyl (C=O) groups excluding carboxylic acids is 3. The summed E-state index contributed by atoms with van der Waals surface area (Å²) in [5.41, 5.74) is 0.515. The van der Waals surface area contributed by atoms with Crippen molar-refractivity contribution < 1.29 is 73.4 Å². The second-order valence-corrected chi connectivity index (χ2v) is 9.06. The van der Waals surface area contributed by atoms with Gasteiger partial charge in [0.1, 0.15) is 36.8 Å². The third kappa shape index (κ3) is 7.13. The number of hydrogen-bond acceptors (Lipinski definition) is 15. The maximum atomic E-state index is 12.7. The molecule has 2 saturated heterocycles. The van der Waals surface area contributed by atoms with Gasteiger partial charge in [-0.05, 0) is 23.8 Å². The van der Waals surface area contributed by atoms with E-state index in [9.17, 15) is 45.0 Å². The number of ether oxygens (including phenoxy) is 6. The summed E-state index contributed by atoms with van der Waals surface area (Å²) in [7, 11) is 0. The molecule has 0 amide bonds. The molecule has 0 spiro atoms. The van der Waals surface area contributed by atoms with Gasteiger partial charge in [-0.15, -0.1) is 0 Å². The quantitative estimate of drug-likeness (QED) is 0.0985. The van der Waals surface area contributed by atoms with Crippen molar-refractivity contribution in [1.82, 2.24) is 0 Å². The van der Waals surface area contributed by atoms with Gasteiger partial charge in [0.15, 0.2) is 18.3 Å². The molecule has 3 rings (SSSR count). The lowest BCUT2D eigenvalue weighted by atomic mass is 9.98. The minimum atomic E-state index is -2.43. The van der Waals surface area contributed by atoms with Crippen LogP contribution in [0.1, 0.15) is 19.4 Å². The molecule has 222 valence electrons. The molecule has 0 bridgehead atoms. The average molecular weight is 573 g/mol. The standard InChI is InChI=1S/C25H32O15/c1-12(29)35-21-19(33)16(9-26)37-24(22(21)36-13(2)30)40-25(11-28)23(20(34)17(10-27)39-25)38-18(32)8-5-14-3-6-15(31)7-4-14/h3-8,16-17,19-24,26-28,31,33-34H,9-11H2,1-2H3/b8-5+/t16-,17-,19-,20-,21+,22-,23+,24-,25+/m1/s1. The lowest BCUT2D eigenvalue weighted by molar-refractivity contribution is -0.384. The highest BCUT2D eigenvalue weighted by Crippen LogP contribution is 2.39. The van der Waals surface area contributed by atoms with Crippen LogP contribution in [0.25, 0.3) is 6.08 Å². The molecule has 2 heterocycles. The number of esters is 3. The highest BCUT2D eigenvalue weighted by molar-refractivity contribution is 5.87. The van der Waals surface area contributed by atoms with Gasteiger partial charge >= 0.3 is 17.9 Å². The summed E-state index contributed by atoms with van der Waals surface area (Å²) in [6.45, 7) is -0.665. The predicted molar refractivity (Wildman–Crippen MR) is 129 cm³/mol. The summed E-state index contributed by atoms with van der Waals surface area (Å²) in [6.07, 6.45) is -10.8. The van der Waals surface area contributed by atoms with Crippen LogP contribution in [0.15, 0.2) is 30.3 Å². The van der Waals surface area contributed by atoms with Crippen LogP contribution in [0, 0.1) is 0 Å².